The van der Waals surface area contributed by atoms with Crippen molar-refractivity contribution in [2.75, 3.05) is 13.2 Å². The fourth-order valence-electron chi connectivity index (χ4n) is 4.04. The Hall–Kier alpha value is -2.21. The molecule has 1 amide bonds. The van der Waals surface area contributed by atoms with Crippen molar-refractivity contribution >= 4 is 5.91 Å². The molecular weight excluding hydrogens is 330 g/mol. The van der Waals surface area contributed by atoms with Crippen LogP contribution in [0.25, 0.3) is 11.4 Å². The average molecular weight is 355 g/mol. The van der Waals surface area contributed by atoms with Crippen LogP contribution in [0.1, 0.15) is 51.5 Å². The van der Waals surface area contributed by atoms with Gasteiger partial charge in [0.15, 0.2) is 0 Å². The molecule has 2 aromatic rings. The van der Waals surface area contributed by atoms with E-state index in [0.29, 0.717) is 18.3 Å². The van der Waals surface area contributed by atoms with Gasteiger partial charge in [0.05, 0.1) is 5.60 Å². The van der Waals surface area contributed by atoms with Gasteiger partial charge in [-0.1, -0.05) is 35.5 Å². The average Bonchev–Trinajstić information content (AvgIpc) is 3.30. The van der Waals surface area contributed by atoms with Crippen LogP contribution < -0.4 is 0 Å². The van der Waals surface area contributed by atoms with Gasteiger partial charge in [-0.3, -0.25) is 4.79 Å². The zero-order valence-corrected chi connectivity index (χ0v) is 15.4. The van der Waals surface area contributed by atoms with E-state index in [1.165, 1.54) is 0 Å². The number of benzene rings is 1. The molecule has 2 saturated heterocycles. The molecule has 6 nitrogen and oxygen atoms in total. The molecule has 1 aromatic carbocycles. The van der Waals surface area contributed by atoms with E-state index >= 15 is 0 Å². The first-order valence-electron chi connectivity index (χ1n) is 9.37. The first-order valence-corrected chi connectivity index (χ1v) is 9.37. The maximum absolute atomic E-state index is 13.1. The predicted octanol–water partition coefficient (Wildman–Crippen LogP) is 3.61. The Balaban J connectivity index is 1.52. The molecule has 0 spiro atoms. The van der Waals surface area contributed by atoms with Gasteiger partial charge in [-0.2, -0.15) is 4.98 Å². The second-order valence-corrected chi connectivity index (χ2v) is 7.81. The number of hydrogen-bond acceptors (Lipinski definition) is 5. The lowest BCUT2D eigenvalue weighted by molar-refractivity contribution is -0.146. The summed E-state index contributed by atoms with van der Waals surface area (Å²) in [7, 11) is 0. The lowest BCUT2D eigenvalue weighted by Gasteiger charge is -2.37. The first-order chi connectivity index (χ1) is 12.5. The Morgan fingerprint density at radius 2 is 2.04 bits per heavy atom. The minimum Gasteiger partial charge on any atom is -0.376 e. The molecular formula is C20H25N3O3. The monoisotopic (exact) mass is 355 g/mol. The van der Waals surface area contributed by atoms with Crippen molar-refractivity contribution in [1.29, 1.82) is 0 Å². The number of likely N-dealkylation sites (tertiary alicyclic amines) is 1. The number of carbonyl (C=O) groups excluding carboxylic acids is 1. The minimum absolute atomic E-state index is 0.0101. The van der Waals surface area contributed by atoms with Crippen LogP contribution in [0.15, 0.2) is 34.9 Å². The molecule has 2 aliphatic heterocycles. The molecule has 0 N–H and O–H groups in total. The summed E-state index contributed by atoms with van der Waals surface area (Å²) in [6.45, 7) is 5.50. The molecule has 3 heterocycles. The predicted molar refractivity (Wildman–Crippen MR) is 96.2 cm³/mol. The smallest absolute Gasteiger partial charge is 0.249 e. The molecule has 2 aliphatic rings. The second-order valence-electron chi connectivity index (χ2n) is 7.81. The van der Waals surface area contributed by atoms with Gasteiger partial charge in [0, 0.05) is 24.6 Å². The van der Waals surface area contributed by atoms with Crippen molar-refractivity contribution < 1.29 is 14.1 Å². The van der Waals surface area contributed by atoms with Gasteiger partial charge in [-0.05, 0) is 39.5 Å². The first kappa shape index (κ1) is 17.2. The minimum atomic E-state index is -0.237. The number of nitrogens with zero attached hydrogens (tertiary/aromatic N) is 3. The normalized spacial score (nSPS) is 25.4. The van der Waals surface area contributed by atoms with Gasteiger partial charge in [0.2, 0.25) is 17.6 Å². The Morgan fingerprint density at radius 1 is 1.23 bits per heavy atom. The molecule has 0 bridgehead atoms. The van der Waals surface area contributed by atoms with E-state index < -0.39 is 0 Å². The molecule has 4 rings (SSSR count). The molecule has 0 radical (unpaired) electrons. The van der Waals surface area contributed by atoms with Crippen molar-refractivity contribution in [1.82, 2.24) is 15.0 Å². The fourth-order valence-corrected chi connectivity index (χ4v) is 4.04. The van der Waals surface area contributed by atoms with Crippen molar-refractivity contribution in [2.45, 2.75) is 51.2 Å². The summed E-state index contributed by atoms with van der Waals surface area (Å²) in [6.07, 6.45) is 3.37. The van der Waals surface area contributed by atoms with Crippen molar-refractivity contribution in [3.63, 3.8) is 0 Å². The second kappa shape index (κ2) is 6.83. The molecule has 26 heavy (non-hydrogen) atoms. The lowest BCUT2D eigenvalue weighted by atomic mass is 9.87. The maximum atomic E-state index is 13.1. The molecule has 2 fully saturated rings. The maximum Gasteiger partial charge on any atom is 0.249 e. The fraction of sp³-hybridized carbons (Fsp3) is 0.550. The largest absolute Gasteiger partial charge is 0.376 e. The van der Waals surface area contributed by atoms with Crippen LogP contribution in [0, 0.1) is 5.92 Å². The van der Waals surface area contributed by atoms with Crippen LogP contribution >= 0.6 is 0 Å². The number of ether oxygens (including phenoxy) is 1. The van der Waals surface area contributed by atoms with Crippen LogP contribution in [-0.4, -0.2) is 39.7 Å². The van der Waals surface area contributed by atoms with Gasteiger partial charge in [0.1, 0.15) is 6.04 Å². The summed E-state index contributed by atoms with van der Waals surface area (Å²) in [5.41, 5.74) is 0.684. The molecule has 138 valence electrons. The number of carbonyl (C=O) groups is 1. The third-order valence-electron chi connectivity index (χ3n) is 5.34. The Bertz CT molecular complexity index is 772. The zero-order chi connectivity index (χ0) is 18.1. The highest BCUT2D eigenvalue weighted by molar-refractivity contribution is 5.79. The molecule has 6 heteroatoms. The van der Waals surface area contributed by atoms with Crippen LogP contribution in [0.2, 0.25) is 0 Å². The number of hydrogen-bond donors (Lipinski definition) is 0. The molecule has 1 aromatic heterocycles. The Morgan fingerprint density at radius 3 is 2.81 bits per heavy atom. The number of aromatic nitrogens is 2. The van der Waals surface area contributed by atoms with Crippen molar-refractivity contribution in [2.24, 2.45) is 5.92 Å². The van der Waals surface area contributed by atoms with Gasteiger partial charge in [-0.15, -0.1) is 0 Å². The lowest BCUT2D eigenvalue weighted by Crippen LogP contribution is -2.43. The summed E-state index contributed by atoms with van der Waals surface area (Å²) in [5, 5.41) is 4.12. The van der Waals surface area contributed by atoms with E-state index in [0.717, 1.165) is 37.8 Å². The van der Waals surface area contributed by atoms with E-state index in [-0.39, 0.29) is 23.5 Å². The summed E-state index contributed by atoms with van der Waals surface area (Å²) in [4.78, 5) is 19.6. The summed E-state index contributed by atoms with van der Waals surface area (Å²) in [6, 6.07) is 9.65. The van der Waals surface area contributed by atoms with Gasteiger partial charge in [-0.25, -0.2) is 0 Å². The van der Waals surface area contributed by atoms with E-state index in [2.05, 4.69) is 24.0 Å². The van der Waals surface area contributed by atoms with Gasteiger partial charge >= 0.3 is 0 Å². The van der Waals surface area contributed by atoms with Crippen LogP contribution in [0.4, 0.5) is 0 Å². The van der Waals surface area contributed by atoms with Crippen molar-refractivity contribution in [3.8, 4) is 11.4 Å². The van der Waals surface area contributed by atoms with E-state index in [4.69, 9.17) is 9.26 Å². The van der Waals surface area contributed by atoms with Crippen LogP contribution in [-0.2, 0) is 9.53 Å². The molecule has 0 saturated carbocycles. The summed E-state index contributed by atoms with van der Waals surface area (Å²) in [5.74, 6) is 1.33. The standard InChI is InChI=1S/C20H25N3O3/c1-20(2)13-15(10-12-25-20)19(24)23-11-6-9-16(23)18-21-17(22-26-18)14-7-4-3-5-8-14/h3-5,7-8,15-16H,6,9-13H2,1-2H3/t15-,16-/m0/s1. The highest BCUT2D eigenvalue weighted by Gasteiger charge is 2.40. The number of rotatable bonds is 3. The topological polar surface area (TPSA) is 68.5 Å². The molecule has 0 unspecified atom stereocenters. The SMILES string of the molecule is CC1(C)C[C@@H](C(=O)N2CCC[C@H]2c2nc(-c3ccccc3)no2)CCO1. The highest BCUT2D eigenvalue weighted by atomic mass is 16.5. The number of amides is 1. The van der Waals surface area contributed by atoms with Crippen LogP contribution in [0.3, 0.4) is 0 Å². The summed E-state index contributed by atoms with van der Waals surface area (Å²) >= 11 is 0. The molecule has 0 aliphatic carbocycles. The Labute approximate surface area is 153 Å². The van der Waals surface area contributed by atoms with Gasteiger partial charge in [0.25, 0.3) is 0 Å². The van der Waals surface area contributed by atoms with E-state index in [1.807, 2.05) is 35.2 Å². The van der Waals surface area contributed by atoms with Gasteiger partial charge < -0.3 is 14.2 Å². The van der Waals surface area contributed by atoms with Crippen LogP contribution in [0.5, 0.6) is 0 Å². The van der Waals surface area contributed by atoms with E-state index in [9.17, 15) is 4.79 Å². The zero-order valence-electron chi connectivity index (χ0n) is 15.4. The third-order valence-corrected chi connectivity index (χ3v) is 5.34. The summed E-state index contributed by atoms with van der Waals surface area (Å²) < 4.78 is 11.3. The van der Waals surface area contributed by atoms with Crippen molar-refractivity contribution in [3.05, 3.63) is 36.2 Å². The quantitative estimate of drug-likeness (QED) is 0.841. The highest BCUT2D eigenvalue weighted by Crippen LogP contribution is 2.36. The van der Waals surface area contributed by atoms with E-state index in [1.54, 1.807) is 0 Å². The molecule has 2 atom stereocenters. The Kier molecular flexibility index (Phi) is 4.53. The third kappa shape index (κ3) is 3.38.